The molecule has 0 aromatic heterocycles. The van der Waals surface area contributed by atoms with Crippen molar-refractivity contribution in [2.45, 2.75) is 13.2 Å². The van der Waals surface area contributed by atoms with Crippen molar-refractivity contribution >= 4 is 40.5 Å². The van der Waals surface area contributed by atoms with E-state index in [-0.39, 0.29) is 5.02 Å². The van der Waals surface area contributed by atoms with Gasteiger partial charge in [-0.1, -0.05) is 65.1 Å². The minimum atomic E-state index is -0.455. The van der Waals surface area contributed by atoms with E-state index in [0.717, 1.165) is 11.1 Å². The van der Waals surface area contributed by atoms with Crippen LogP contribution in [-0.4, -0.2) is 0 Å². The Hall–Kier alpha value is -1.94. The summed E-state index contributed by atoms with van der Waals surface area (Å²) in [6.07, 6.45) is 0. The van der Waals surface area contributed by atoms with Crippen LogP contribution in [0.5, 0.6) is 5.75 Å². The normalized spacial score (nSPS) is 10.6. The van der Waals surface area contributed by atoms with Crippen LogP contribution in [0.1, 0.15) is 11.1 Å². The molecule has 0 aliphatic heterocycles. The molecular formula is C20H15Cl3FNO. The van der Waals surface area contributed by atoms with Crippen LogP contribution in [0, 0.1) is 5.82 Å². The van der Waals surface area contributed by atoms with E-state index in [1.165, 1.54) is 12.1 Å². The minimum Gasteiger partial charge on any atom is -0.486 e. The zero-order valence-corrected chi connectivity index (χ0v) is 15.9. The van der Waals surface area contributed by atoms with Crippen LogP contribution < -0.4 is 10.1 Å². The number of nitrogens with one attached hydrogen (secondary N) is 1. The predicted molar refractivity (Wildman–Crippen MR) is 106 cm³/mol. The molecule has 1 N–H and O–H groups in total. The third kappa shape index (κ3) is 4.82. The molecule has 0 saturated carbocycles. The van der Waals surface area contributed by atoms with Crippen LogP contribution in [-0.2, 0) is 13.2 Å². The average molecular weight is 411 g/mol. The highest BCUT2D eigenvalue weighted by molar-refractivity contribution is 6.37. The second-order valence-electron chi connectivity index (χ2n) is 5.65. The highest BCUT2D eigenvalue weighted by atomic mass is 35.5. The molecule has 3 aromatic carbocycles. The summed E-state index contributed by atoms with van der Waals surface area (Å²) in [7, 11) is 0. The lowest BCUT2D eigenvalue weighted by Gasteiger charge is -2.13. The van der Waals surface area contributed by atoms with E-state index in [9.17, 15) is 4.39 Å². The lowest BCUT2D eigenvalue weighted by atomic mass is 10.2. The van der Waals surface area contributed by atoms with Gasteiger partial charge in [0.2, 0.25) is 0 Å². The number of benzene rings is 3. The monoisotopic (exact) mass is 409 g/mol. The summed E-state index contributed by atoms with van der Waals surface area (Å²) in [5, 5.41) is 4.08. The second kappa shape index (κ2) is 8.63. The number of halogens is 4. The molecule has 134 valence electrons. The Bertz CT molecular complexity index is 880. The first kappa shape index (κ1) is 18.8. The first-order chi connectivity index (χ1) is 12.5. The summed E-state index contributed by atoms with van der Waals surface area (Å²) < 4.78 is 19.0. The van der Waals surface area contributed by atoms with Crippen molar-refractivity contribution in [3.05, 3.63) is 92.7 Å². The van der Waals surface area contributed by atoms with Gasteiger partial charge in [0.15, 0.2) is 5.75 Å². The lowest BCUT2D eigenvalue weighted by Crippen LogP contribution is -2.01. The second-order valence-corrected chi connectivity index (χ2v) is 6.87. The van der Waals surface area contributed by atoms with Crippen LogP contribution in [0.4, 0.5) is 10.1 Å². The van der Waals surface area contributed by atoms with Gasteiger partial charge < -0.3 is 10.1 Å². The minimum absolute atomic E-state index is 0.0655. The summed E-state index contributed by atoms with van der Waals surface area (Å²) in [5.41, 5.74) is 2.60. The highest BCUT2D eigenvalue weighted by Gasteiger charge is 2.10. The molecule has 0 amide bonds. The number of rotatable bonds is 6. The van der Waals surface area contributed by atoms with Crippen LogP contribution >= 0.6 is 34.8 Å². The molecule has 0 radical (unpaired) electrons. The molecule has 0 atom stereocenters. The van der Waals surface area contributed by atoms with Crippen molar-refractivity contribution in [2.24, 2.45) is 0 Å². The van der Waals surface area contributed by atoms with E-state index in [1.54, 1.807) is 18.2 Å². The zero-order chi connectivity index (χ0) is 18.5. The van der Waals surface area contributed by atoms with Gasteiger partial charge in [0.05, 0.1) is 15.1 Å². The highest BCUT2D eigenvalue weighted by Crippen LogP contribution is 2.35. The van der Waals surface area contributed by atoms with Gasteiger partial charge >= 0.3 is 0 Å². The van der Waals surface area contributed by atoms with E-state index in [0.29, 0.717) is 34.6 Å². The first-order valence-electron chi connectivity index (χ1n) is 7.86. The summed E-state index contributed by atoms with van der Waals surface area (Å²) in [5.74, 6) is -0.00557. The fourth-order valence-corrected chi connectivity index (χ4v) is 3.21. The maximum Gasteiger partial charge on any atom is 0.156 e. The maximum atomic E-state index is 13.2. The molecule has 0 unspecified atom stereocenters. The van der Waals surface area contributed by atoms with Gasteiger partial charge in [-0.2, -0.15) is 0 Å². The average Bonchev–Trinajstić information content (AvgIpc) is 2.63. The van der Waals surface area contributed by atoms with Crippen LogP contribution in [0.25, 0.3) is 0 Å². The Morgan fingerprint density at radius 2 is 1.50 bits per heavy atom. The molecule has 0 aliphatic rings. The molecule has 0 aliphatic carbocycles. The molecule has 6 heteroatoms. The maximum absolute atomic E-state index is 13.2. The van der Waals surface area contributed by atoms with E-state index < -0.39 is 5.82 Å². The molecule has 0 spiro atoms. The molecule has 26 heavy (non-hydrogen) atoms. The fraction of sp³-hybridized carbons (Fsp3) is 0.100. The Kier molecular flexibility index (Phi) is 6.25. The van der Waals surface area contributed by atoms with Gasteiger partial charge in [0.25, 0.3) is 0 Å². The summed E-state index contributed by atoms with van der Waals surface area (Å²) in [6, 6.07) is 17.8. The van der Waals surface area contributed by atoms with Crippen molar-refractivity contribution in [1.82, 2.24) is 0 Å². The Labute approximate surface area is 166 Å². The van der Waals surface area contributed by atoms with Gasteiger partial charge in [0.1, 0.15) is 12.4 Å². The third-order valence-corrected chi connectivity index (χ3v) is 4.55. The Morgan fingerprint density at radius 1 is 0.808 bits per heavy atom. The van der Waals surface area contributed by atoms with Crippen LogP contribution in [0.2, 0.25) is 15.1 Å². The number of anilines is 1. The predicted octanol–water partition coefficient (Wildman–Crippen LogP) is 6.98. The summed E-state index contributed by atoms with van der Waals surface area (Å²) in [6.45, 7) is 0.840. The van der Waals surface area contributed by atoms with Gasteiger partial charge in [-0.3, -0.25) is 0 Å². The largest absolute Gasteiger partial charge is 0.486 e. The van der Waals surface area contributed by atoms with Gasteiger partial charge in [0, 0.05) is 12.2 Å². The quantitative estimate of drug-likeness (QED) is 0.473. The SMILES string of the molecule is Fc1ccc(NCc2cc(Cl)c(OCc3ccccc3)c(Cl)c2)cc1Cl. The standard InChI is InChI=1S/C20H15Cl3FNO/c21-16-10-15(6-7-19(16)24)25-11-14-8-17(22)20(18(23)9-14)26-12-13-4-2-1-3-5-13/h1-10,25H,11-12H2. The van der Waals surface area contributed by atoms with E-state index in [1.807, 2.05) is 30.3 Å². The molecule has 3 aromatic rings. The Morgan fingerprint density at radius 3 is 2.15 bits per heavy atom. The van der Waals surface area contributed by atoms with Gasteiger partial charge in [-0.15, -0.1) is 0 Å². The summed E-state index contributed by atoms with van der Waals surface area (Å²) in [4.78, 5) is 0. The zero-order valence-electron chi connectivity index (χ0n) is 13.6. The van der Waals surface area contributed by atoms with Gasteiger partial charge in [-0.25, -0.2) is 4.39 Å². The van der Waals surface area contributed by atoms with Gasteiger partial charge in [-0.05, 0) is 41.5 Å². The third-order valence-electron chi connectivity index (χ3n) is 3.70. The van der Waals surface area contributed by atoms with Crippen molar-refractivity contribution < 1.29 is 9.13 Å². The van der Waals surface area contributed by atoms with E-state index >= 15 is 0 Å². The lowest BCUT2D eigenvalue weighted by molar-refractivity contribution is 0.306. The van der Waals surface area contributed by atoms with Crippen molar-refractivity contribution in [3.8, 4) is 5.75 Å². The van der Waals surface area contributed by atoms with E-state index in [4.69, 9.17) is 39.5 Å². The summed E-state index contributed by atoms with van der Waals surface area (Å²) >= 11 is 18.4. The van der Waals surface area contributed by atoms with Crippen molar-refractivity contribution in [3.63, 3.8) is 0 Å². The first-order valence-corrected chi connectivity index (χ1v) is 9.00. The Balaban J connectivity index is 1.67. The van der Waals surface area contributed by atoms with Crippen molar-refractivity contribution in [2.75, 3.05) is 5.32 Å². The molecule has 3 rings (SSSR count). The number of hydrogen-bond acceptors (Lipinski definition) is 2. The smallest absolute Gasteiger partial charge is 0.156 e. The van der Waals surface area contributed by atoms with Crippen molar-refractivity contribution in [1.29, 1.82) is 0 Å². The number of ether oxygens (including phenoxy) is 1. The molecule has 2 nitrogen and oxygen atoms in total. The fourth-order valence-electron chi connectivity index (χ4n) is 2.39. The van der Waals surface area contributed by atoms with E-state index in [2.05, 4.69) is 5.32 Å². The number of hydrogen-bond donors (Lipinski definition) is 1. The molecule has 0 bridgehead atoms. The molecule has 0 saturated heterocycles. The molecule has 0 heterocycles. The van der Waals surface area contributed by atoms with Crippen LogP contribution in [0.3, 0.4) is 0 Å². The van der Waals surface area contributed by atoms with Crippen LogP contribution in [0.15, 0.2) is 60.7 Å². The molecule has 0 fully saturated rings. The molecular weight excluding hydrogens is 396 g/mol. The topological polar surface area (TPSA) is 21.3 Å².